The van der Waals surface area contributed by atoms with Crippen molar-refractivity contribution in [3.63, 3.8) is 0 Å². The average Bonchev–Trinajstić information content (AvgIpc) is 2.65. The van der Waals surface area contributed by atoms with Crippen molar-refractivity contribution in [3.8, 4) is 0 Å². The van der Waals surface area contributed by atoms with E-state index in [0.29, 0.717) is 18.0 Å². The van der Waals surface area contributed by atoms with Crippen LogP contribution in [0, 0.1) is 6.92 Å². The molecule has 0 saturated carbocycles. The van der Waals surface area contributed by atoms with Crippen LogP contribution in [-0.2, 0) is 10.0 Å². The molecule has 0 aromatic heterocycles. The Labute approximate surface area is 105 Å². The third-order valence-electron chi connectivity index (χ3n) is 2.72. The fourth-order valence-electron chi connectivity index (χ4n) is 1.83. The summed E-state index contributed by atoms with van der Waals surface area (Å²) in [5, 5.41) is 0. The molecule has 0 aliphatic carbocycles. The van der Waals surface area contributed by atoms with Gasteiger partial charge in [0.1, 0.15) is 0 Å². The van der Waals surface area contributed by atoms with Gasteiger partial charge in [0.05, 0.1) is 4.90 Å². The van der Waals surface area contributed by atoms with E-state index in [1.807, 2.05) is 13.0 Å². The molecule has 88 valence electrons. The Morgan fingerprint density at radius 1 is 1.44 bits per heavy atom. The number of alkyl halides is 1. The van der Waals surface area contributed by atoms with E-state index in [2.05, 4.69) is 15.9 Å². The Morgan fingerprint density at radius 3 is 2.75 bits per heavy atom. The highest BCUT2D eigenvalue weighted by atomic mass is 79.9. The van der Waals surface area contributed by atoms with Crippen molar-refractivity contribution in [2.75, 3.05) is 13.1 Å². The number of benzene rings is 1. The van der Waals surface area contributed by atoms with Crippen molar-refractivity contribution in [2.24, 2.45) is 0 Å². The number of sulfonamides is 1. The Kier molecular flexibility index (Phi) is 3.37. The van der Waals surface area contributed by atoms with Gasteiger partial charge in [-0.25, -0.2) is 8.42 Å². The lowest BCUT2D eigenvalue weighted by Crippen LogP contribution is -2.28. The number of nitrogens with zero attached hydrogens (tertiary/aromatic N) is 1. The molecule has 1 heterocycles. The standard InChI is InChI=1S/C11H14BrNO2S/c1-9-3-2-4-11(7-9)16(14,15)13-6-5-10(12)8-13/h2-4,7,10H,5-6,8H2,1H3. The first kappa shape index (κ1) is 12.1. The first-order chi connectivity index (χ1) is 7.50. The molecule has 1 unspecified atom stereocenters. The van der Waals surface area contributed by atoms with Crippen molar-refractivity contribution in [2.45, 2.75) is 23.1 Å². The van der Waals surface area contributed by atoms with Crippen LogP contribution in [0.4, 0.5) is 0 Å². The lowest BCUT2D eigenvalue weighted by molar-refractivity contribution is 0.478. The van der Waals surface area contributed by atoms with Crippen LogP contribution in [0.15, 0.2) is 29.2 Å². The van der Waals surface area contributed by atoms with Crippen LogP contribution in [0.2, 0.25) is 0 Å². The smallest absolute Gasteiger partial charge is 0.207 e. The second kappa shape index (κ2) is 4.47. The molecular formula is C11H14BrNO2S. The summed E-state index contributed by atoms with van der Waals surface area (Å²) < 4.78 is 26.0. The highest BCUT2D eigenvalue weighted by Crippen LogP contribution is 2.24. The van der Waals surface area contributed by atoms with Crippen LogP contribution in [0.25, 0.3) is 0 Å². The molecule has 0 N–H and O–H groups in total. The Morgan fingerprint density at radius 2 is 2.19 bits per heavy atom. The number of hydrogen-bond donors (Lipinski definition) is 0. The lowest BCUT2D eigenvalue weighted by atomic mass is 10.2. The van der Waals surface area contributed by atoms with Gasteiger partial charge in [0.2, 0.25) is 10.0 Å². The van der Waals surface area contributed by atoms with Gasteiger partial charge in [0.25, 0.3) is 0 Å². The summed E-state index contributed by atoms with van der Waals surface area (Å²) in [5.41, 5.74) is 0.968. The van der Waals surface area contributed by atoms with E-state index in [-0.39, 0.29) is 4.83 Å². The van der Waals surface area contributed by atoms with Gasteiger partial charge < -0.3 is 0 Å². The summed E-state index contributed by atoms with van der Waals surface area (Å²) in [5.74, 6) is 0. The number of rotatable bonds is 2. The van der Waals surface area contributed by atoms with Crippen molar-refractivity contribution in [1.82, 2.24) is 4.31 Å². The summed E-state index contributed by atoms with van der Waals surface area (Å²) >= 11 is 3.45. The summed E-state index contributed by atoms with van der Waals surface area (Å²) in [6.07, 6.45) is 0.880. The van der Waals surface area contributed by atoms with Gasteiger partial charge >= 0.3 is 0 Å². The summed E-state index contributed by atoms with van der Waals surface area (Å²) in [6, 6.07) is 7.06. The third kappa shape index (κ3) is 2.31. The molecule has 1 aliphatic heterocycles. The highest BCUT2D eigenvalue weighted by molar-refractivity contribution is 9.09. The van der Waals surface area contributed by atoms with Gasteiger partial charge in [-0.05, 0) is 31.0 Å². The molecule has 1 fully saturated rings. The van der Waals surface area contributed by atoms with Crippen molar-refractivity contribution in [3.05, 3.63) is 29.8 Å². The van der Waals surface area contributed by atoms with Crippen LogP contribution in [0.5, 0.6) is 0 Å². The Bertz CT molecular complexity index is 487. The fraction of sp³-hybridized carbons (Fsp3) is 0.455. The molecule has 0 radical (unpaired) electrons. The summed E-state index contributed by atoms with van der Waals surface area (Å²) in [7, 11) is -3.29. The SMILES string of the molecule is Cc1cccc(S(=O)(=O)N2CCC(Br)C2)c1. The largest absolute Gasteiger partial charge is 0.243 e. The maximum atomic E-state index is 12.2. The molecule has 1 atom stereocenters. The molecule has 1 aromatic carbocycles. The minimum atomic E-state index is -3.29. The van der Waals surface area contributed by atoms with Crippen molar-refractivity contribution >= 4 is 26.0 Å². The second-order valence-corrected chi connectivity index (χ2v) is 7.30. The van der Waals surface area contributed by atoms with Crippen LogP contribution in [-0.4, -0.2) is 30.6 Å². The minimum Gasteiger partial charge on any atom is -0.207 e. The van der Waals surface area contributed by atoms with E-state index in [9.17, 15) is 8.42 Å². The summed E-state index contributed by atoms with van der Waals surface area (Å²) in [4.78, 5) is 0.682. The molecule has 5 heteroatoms. The number of hydrogen-bond acceptors (Lipinski definition) is 2. The van der Waals surface area contributed by atoms with Gasteiger partial charge in [0, 0.05) is 17.9 Å². The zero-order chi connectivity index (χ0) is 11.8. The topological polar surface area (TPSA) is 37.4 Å². The van der Waals surface area contributed by atoms with Gasteiger partial charge in [-0.3, -0.25) is 0 Å². The third-order valence-corrected chi connectivity index (χ3v) is 5.33. The normalized spacial score (nSPS) is 22.5. The quantitative estimate of drug-likeness (QED) is 0.785. The van der Waals surface area contributed by atoms with Crippen LogP contribution in [0.3, 0.4) is 0 Å². The van der Waals surface area contributed by atoms with E-state index in [1.165, 1.54) is 0 Å². The fourth-order valence-corrected chi connectivity index (χ4v) is 4.18. The predicted molar refractivity (Wildman–Crippen MR) is 67.3 cm³/mol. The molecular weight excluding hydrogens is 290 g/mol. The maximum absolute atomic E-state index is 12.2. The molecule has 1 aromatic rings. The Hall–Kier alpha value is -0.390. The molecule has 0 amide bonds. The lowest BCUT2D eigenvalue weighted by Gasteiger charge is -2.15. The van der Waals surface area contributed by atoms with Crippen LogP contribution in [0.1, 0.15) is 12.0 Å². The maximum Gasteiger partial charge on any atom is 0.243 e. The minimum absolute atomic E-state index is 0.284. The van der Waals surface area contributed by atoms with E-state index < -0.39 is 10.0 Å². The monoisotopic (exact) mass is 303 g/mol. The molecule has 3 nitrogen and oxygen atoms in total. The van der Waals surface area contributed by atoms with Crippen molar-refractivity contribution in [1.29, 1.82) is 0 Å². The molecule has 16 heavy (non-hydrogen) atoms. The number of halogens is 1. The summed E-state index contributed by atoms with van der Waals surface area (Å²) in [6.45, 7) is 3.07. The van der Waals surface area contributed by atoms with Crippen LogP contribution >= 0.6 is 15.9 Å². The highest BCUT2D eigenvalue weighted by Gasteiger charge is 2.31. The molecule has 1 aliphatic rings. The zero-order valence-corrected chi connectivity index (χ0v) is 11.5. The first-order valence-corrected chi connectivity index (χ1v) is 7.56. The molecule has 0 bridgehead atoms. The van der Waals surface area contributed by atoms with Crippen LogP contribution < -0.4 is 0 Å². The zero-order valence-electron chi connectivity index (χ0n) is 9.06. The molecule has 1 saturated heterocycles. The van der Waals surface area contributed by atoms with E-state index in [0.717, 1.165) is 12.0 Å². The molecule has 2 rings (SSSR count). The Balaban J connectivity index is 2.32. The van der Waals surface area contributed by atoms with E-state index >= 15 is 0 Å². The van der Waals surface area contributed by atoms with Gasteiger partial charge in [-0.15, -0.1) is 0 Å². The first-order valence-electron chi connectivity index (χ1n) is 5.21. The van der Waals surface area contributed by atoms with Gasteiger partial charge in [-0.2, -0.15) is 4.31 Å². The van der Waals surface area contributed by atoms with Gasteiger partial charge in [0.15, 0.2) is 0 Å². The van der Waals surface area contributed by atoms with E-state index in [1.54, 1.807) is 22.5 Å². The second-order valence-electron chi connectivity index (χ2n) is 4.07. The average molecular weight is 304 g/mol. The van der Waals surface area contributed by atoms with Crippen molar-refractivity contribution < 1.29 is 8.42 Å². The van der Waals surface area contributed by atoms with Gasteiger partial charge in [-0.1, -0.05) is 28.1 Å². The number of aryl methyl sites for hydroxylation is 1. The molecule has 0 spiro atoms. The predicted octanol–water partition coefficient (Wildman–Crippen LogP) is 2.15. The van der Waals surface area contributed by atoms with E-state index in [4.69, 9.17) is 0 Å².